The zero-order chi connectivity index (χ0) is 19.8. The lowest BCUT2D eigenvalue weighted by Gasteiger charge is -2.17. The van der Waals surface area contributed by atoms with Crippen LogP contribution in [0.5, 0.6) is 0 Å². The Labute approximate surface area is 158 Å². The van der Waals surface area contributed by atoms with Gasteiger partial charge >= 0.3 is 0 Å². The van der Waals surface area contributed by atoms with Gasteiger partial charge in [0.15, 0.2) is 17.5 Å². The van der Waals surface area contributed by atoms with Crippen LogP contribution in [0.15, 0.2) is 42.6 Å². The van der Waals surface area contributed by atoms with Gasteiger partial charge in [-0.1, -0.05) is 6.07 Å². The Kier molecular flexibility index (Phi) is 4.54. The molecule has 144 valence electrons. The second kappa shape index (κ2) is 7.03. The maximum absolute atomic E-state index is 13.3. The molecule has 1 atom stereocenters. The number of hydrogen-bond acceptors (Lipinski definition) is 2. The van der Waals surface area contributed by atoms with Crippen LogP contribution in [0.3, 0.4) is 0 Å². The quantitative estimate of drug-likeness (QED) is 0.674. The lowest BCUT2D eigenvalue weighted by molar-refractivity contribution is -0.119. The van der Waals surface area contributed by atoms with E-state index in [9.17, 15) is 22.8 Å². The highest BCUT2D eigenvalue weighted by Crippen LogP contribution is 2.23. The van der Waals surface area contributed by atoms with E-state index in [1.54, 1.807) is 23.2 Å². The molecular weight excluding hydrogens is 371 g/mol. The summed E-state index contributed by atoms with van der Waals surface area (Å²) in [7, 11) is 0. The number of benzene rings is 2. The average Bonchev–Trinajstić information content (AvgIpc) is 3.34. The van der Waals surface area contributed by atoms with Gasteiger partial charge in [0, 0.05) is 48.2 Å². The molecule has 0 aliphatic carbocycles. The van der Waals surface area contributed by atoms with E-state index in [4.69, 9.17) is 0 Å². The first kappa shape index (κ1) is 18.1. The van der Waals surface area contributed by atoms with Crippen molar-refractivity contribution in [1.29, 1.82) is 0 Å². The minimum atomic E-state index is -1.59. The van der Waals surface area contributed by atoms with Crippen molar-refractivity contribution in [2.24, 2.45) is 5.92 Å². The Morgan fingerprint density at radius 1 is 1.07 bits per heavy atom. The van der Waals surface area contributed by atoms with Crippen LogP contribution in [0.2, 0.25) is 0 Å². The number of fused-ring (bicyclic) bond motifs is 1. The predicted molar refractivity (Wildman–Crippen MR) is 97.3 cm³/mol. The molecule has 1 aromatic heterocycles. The molecule has 0 radical (unpaired) electrons. The van der Waals surface area contributed by atoms with E-state index < -0.39 is 29.3 Å². The number of hydrogen-bond donors (Lipinski definition) is 2. The summed E-state index contributed by atoms with van der Waals surface area (Å²) in [5.74, 6) is -5.52. The number of nitrogens with zero attached hydrogens (tertiary/aromatic N) is 1. The summed E-state index contributed by atoms with van der Waals surface area (Å²) in [6.45, 7) is 0.589. The van der Waals surface area contributed by atoms with Gasteiger partial charge in [-0.25, -0.2) is 13.2 Å². The van der Waals surface area contributed by atoms with Gasteiger partial charge in [0.25, 0.3) is 5.91 Å². The SMILES string of the molecule is O=C(Nc1cc(F)c(F)c(F)c1)[C@H]1CCN(C(=O)c2ccc3cc[nH]c3c2)C1. The van der Waals surface area contributed by atoms with Gasteiger partial charge in [0.2, 0.25) is 5.91 Å². The zero-order valence-electron chi connectivity index (χ0n) is 14.6. The molecule has 8 heteroatoms. The van der Waals surface area contributed by atoms with E-state index in [1.165, 1.54) is 0 Å². The van der Waals surface area contributed by atoms with Crippen LogP contribution in [0.1, 0.15) is 16.8 Å². The number of carbonyl (C=O) groups excluding carboxylic acids is 2. The van der Waals surface area contributed by atoms with Crippen molar-refractivity contribution in [2.45, 2.75) is 6.42 Å². The number of halogens is 3. The lowest BCUT2D eigenvalue weighted by atomic mass is 10.1. The number of H-pyrrole nitrogens is 1. The minimum absolute atomic E-state index is 0.164. The monoisotopic (exact) mass is 387 g/mol. The topological polar surface area (TPSA) is 65.2 Å². The summed E-state index contributed by atoms with van der Waals surface area (Å²) in [6, 6.07) is 8.68. The molecule has 1 aliphatic heterocycles. The molecule has 2 N–H and O–H groups in total. The number of aromatic nitrogens is 1. The highest BCUT2D eigenvalue weighted by Gasteiger charge is 2.32. The van der Waals surface area contributed by atoms with Crippen molar-refractivity contribution in [1.82, 2.24) is 9.88 Å². The van der Waals surface area contributed by atoms with Crippen molar-refractivity contribution in [3.8, 4) is 0 Å². The minimum Gasteiger partial charge on any atom is -0.361 e. The molecule has 4 rings (SSSR count). The number of carbonyl (C=O) groups is 2. The Balaban J connectivity index is 1.43. The molecular formula is C20H16F3N3O2. The molecule has 1 fully saturated rings. The summed E-state index contributed by atoms with van der Waals surface area (Å²) in [6.07, 6.45) is 2.21. The molecule has 0 unspecified atom stereocenters. The standard InChI is InChI=1S/C20H16F3N3O2/c21-15-8-14(9-16(22)18(15)23)25-19(27)13-4-6-26(10-13)20(28)12-2-1-11-3-5-24-17(11)7-12/h1-3,5,7-9,13,24H,4,6,10H2,(H,25,27)/t13-/m0/s1. The summed E-state index contributed by atoms with van der Waals surface area (Å²) in [5, 5.41) is 3.38. The van der Waals surface area contributed by atoms with E-state index in [1.807, 2.05) is 12.1 Å². The van der Waals surface area contributed by atoms with Gasteiger partial charge in [-0.2, -0.15) is 0 Å². The molecule has 3 aromatic rings. The predicted octanol–water partition coefficient (Wildman–Crippen LogP) is 3.69. The van der Waals surface area contributed by atoms with E-state index in [0.29, 0.717) is 18.5 Å². The summed E-state index contributed by atoms with van der Waals surface area (Å²) >= 11 is 0. The number of aromatic amines is 1. The first-order valence-corrected chi connectivity index (χ1v) is 8.74. The van der Waals surface area contributed by atoms with E-state index in [-0.39, 0.29) is 18.1 Å². The molecule has 2 amide bonds. The number of anilines is 1. The largest absolute Gasteiger partial charge is 0.361 e. The van der Waals surface area contributed by atoms with Crippen molar-refractivity contribution in [3.05, 3.63) is 65.6 Å². The fourth-order valence-electron chi connectivity index (χ4n) is 3.39. The highest BCUT2D eigenvalue weighted by molar-refractivity contribution is 5.99. The second-order valence-corrected chi connectivity index (χ2v) is 6.76. The second-order valence-electron chi connectivity index (χ2n) is 6.76. The Morgan fingerprint density at radius 3 is 2.57 bits per heavy atom. The van der Waals surface area contributed by atoms with Gasteiger partial charge in [0.1, 0.15) is 0 Å². The normalized spacial score (nSPS) is 16.5. The fraction of sp³-hybridized carbons (Fsp3) is 0.200. The van der Waals surface area contributed by atoms with Crippen LogP contribution in [-0.2, 0) is 4.79 Å². The number of nitrogens with one attached hydrogen (secondary N) is 2. The van der Waals surface area contributed by atoms with Crippen LogP contribution >= 0.6 is 0 Å². The van der Waals surface area contributed by atoms with Crippen LogP contribution in [0, 0.1) is 23.4 Å². The van der Waals surface area contributed by atoms with E-state index in [2.05, 4.69) is 10.3 Å². The first-order chi connectivity index (χ1) is 13.4. The molecule has 1 aliphatic rings. The van der Waals surface area contributed by atoms with Crippen LogP contribution in [0.25, 0.3) is 10.9 Å². The fourth-order valence-corrected chi connectivity index (χ4v) is 3.39. The molecule has 0 bridgehead atoms. The third-order valence-corrected chi connectivity index (χ3v) is 4.90. The summed E-state index contributed by atoms with van der Waals surface area (Å²) < 4.78 is 39.6. The molecule has 28 heavy (non-hydrogen) atoms. The molecule has 2 aromatic carbocycles. The lowest BCUT2D eigenvalue weighted by Crippen LogP contribution is -2.31. The molecule has 0 saturated carbocycles. The van der Waals surface area contributed by atoms with Crippen LogP contribution in [0.4, 0.5) is 18.9 Å². The molecule has 1 saturated heterocycles. The van der Waals surface area contributed by atoms with Crippen molar-refractivity contribution in [2.75, 3.05) is 18.4 Å². The Bertz CT molecular complexity index is 1060. The van der Waals surface area contributed by atoms with Gasteiger partial charge in [-0.15, -0.1) is 0 Å². The van der Waals surface area contributed by atoms with Gasteiger partial charge < -0.3 is 15.2 Å². The molecule has 0 spiro atoms. The maximum Gasteiger partial charge on any atom is 0.253 e. The number of rotatable bonds is 3. The average molecular weight is 387 g/mol. The molecule has 2 heterocycles. The van der Waals surface area contributed by atoms with Gasteiger partial charge in [-0.3, -0.25) is 9.59 Å². The van der Waals surface area contributed by atoms with Gasteiger partial charge in [-0.05, 0) is 30.0 Å². The van der Waals surface area contributed by atoms with Crippen LogP contribution < -0.4 is 5.32 Å². The number of amides is 2. The maximum atomic E-state index is 13.3. The van der Waals surface area contributed by atoms with E-state index >= 15 is 0 Å². The zero-order valence-corrected chi connectivity index (χ0v) is 14.6. The number of likely N-dealkylation sites (tertiary alicyclic amines) is 1. The van der Waals surface area contributed by atoms with Crippen molar-refractivity contribution in [3.63, 3.8) is 0 Å². The Hall–Kier alpha value is -3.29. The smallest absolute Gasteiger partial charge is 0.253 e. The Morgan fingerprint density at radius 2 is 1.82 bits per heavy atom. The van der Waals surface area contributed by atoms with Crippen molar-refractivity contribution < 1.29 is 22.8 Å². The third kappa shape index (κ3) is 3.33. The summed E-state index contributed by atoms with van der Waals surface area (Å²) in [5.41, 5.74) is 1.20. The van der Waals surface area contributed by atoms with Crippen LogP contribution in [-0.4, -0.2) is 34.8 Å². The first-order valence-electron chi connectivity index (χ1n) is 8.74. The van der Waals surface area contributed by atoms with Crippen molar-refractivity contribution >= 4 is 28.4 Å². The summed E-state index contributed by atoms with van der Waals surface area (Å²) in [4.78, 5) is 29.7. The molecule has 5 nitrogen and oxygen atoms in total. The third-order valence-electron chi connectivity index (χ3n) is 4.90. The highest BCUT2D eigenvalue weighted by atomic mass is 19.2. The van der Waals surface area contributed by atoms with Gasteiger partial charge in [0.05, 0.1) is 5.92 Å². The van der Waals surface area contributed by atoms with E-state index in [0.717, 1.165) is 23.0 Å².